The van der Waals surface area contributed by atoms with E-state index in [4.69, 9.17) is 23.2 Å². The van der Waals surface area contributed by atoms with E-state index < -0.39 is 6.04 Å². The van der Waals surface area contributed by atoms with Crippen molar-refractivity contribution >= 4 is 40.7 Å². The average Bonchev–Trinajstić information content (AvgIpc) is 3.11. The summed E-state index contributed by atoms with van der Waals surface area (Å²) in [6.45, 7) is 0. The minimum absolute atomic E-state index is 0.164. The average molecular weight is 299 g/mol. The van der Waals surface area contributed by atoms with Crippen LogP contribution in [0.3, 0.4) is 0 Å². The van der Waals surface area contributed by atoms with Crippen molar-refractivity contribution in [2.24, 2.45) is 0 Å². The van der Waals surface area contributed by atoms with Gasteiger partial charge in [-0.3, -0.25) is 9.59 Å². The minimum atomic E-state index is -0.452. The van der Waals surface area contributed by atoms with Gasteiger partial charge in [-0.25, -0.2) is 4.90 Å². The van der Waals surface area contributed by atoms with Gasteiger partial charge in [-0.1, -0.05) is 29.3 Å². The number of nitrogens with one attached hydrogen (secondary N) is 1. The van der Waals surface area contributed by atoms with Crippen molar-refractivity contribution in [3.63, 3.8) is 0 Å². The van der Waals surface area contributed by atoms with Gasteiger partial charge < -0.3 is 5.32 Å². The van der Waals surface area contributed by atoms with Gasteiger partial charge in [0.1, 0.15) is 0 Å². The molecule has 0 bridgehead atoms. The maximum absolute atomic E-state index is 12.3. The highest BCUT2D eigenvalue weighted by molar-refractivity contribution is 6.42. The van der Waals surface area contributed by atoms with Crippen LogP contribution in [0.1, 0.15) is 19.3 Å². The van der Waals surface area contributed by atoms with Crippen molar-refractivity contribution in [2.45, 2.75) is 31.3 Å². The number of carbonyl (C=O) groups excluding carboxylic acids is 2. The predicted octanol–water partition coefficient (Wildman–Crippen LogP) is 2.38. The van der Waals surface area contributed by atoms with Gasteiger partial charge in [-0.15, -0.1) is 0 Å². The molecule has 2 aliphatic rings. The zero-order valence-corrected chi connectivity index (χ0v) is 11.5. The third kappa shape index (κ3) is 2.36. The van der Waals surface area contributed by atoms with Crippen molar-refractivity contribution < 1.29 is 9.59 Å². The number of hydrogen-bond acceptors (Lipinski definition) is 3. The summed E-state index contributed by atoms with van der Waals surface area (Å²) in [7, 11) is 0. The molecule has 6 heteroatoms. The van der Waals surface area contributed by atoms with Crippen molar-refractivity contribution in [1.82, 2.24) is 5.32 Å². The number of nitrogens with zero attached hydrogens (tertiary/aromatic N) is 1. The van der Waals surface area contributed by atoms with Crippen LogP contribution in [0.15, 0.2) is 18.2 Å². The Balaban J connectivity index is 1.91. The molecular weight excluding hydrogens is 287 g/mol. The van der Waals surface area contributed by atoms with Crippen LogP contribution in [0, 0.1) is 0 Å². The quantitative estimate of drug-likeness (QED) is 0.872. The van der Waals surface area contributed by atoms with Crippen LogP contribution in [-0.2, 0) is 9.59 Å². The number of carbonyl (C=O) groups is 2. The van der Waals surface area contributed by atoms with E-state index >= 15 is 0 Å². The van der Waals surface area contributed by atoms with Gasteiger partial charge in [0, 0.05) is 6.04 Å². The summed E-state index contributed by atoms with van der Waals surface area (Å²) in [5, 5.41) is 3.79. The molecule has 2 amide bonds. The molecule has 0 radical (unpaired) electrons. The third-order valence-electron chi connectivity index (χ3n) is 3.32. The lowest BCUT2D eigenvalue weighted by Gasteiger charge is -2.18. The summed E-state index contributed by atoms with van der Waals surface area (Å²) in [5.41, 5.74) is 0.293. The molecule has 0 aromatic heterocycles. The molecule has 1 heterocycles. The number of amides is 2. The highest BCUT2D eigenvalue weighted by Gasteiger charge is 2.43. The lowest BCUT2D eigenvalue weighted by atomic mass is 10.2. The minimum Gasteiger partial charge on any atom is -0.303 e. The number of halogens is 2. The molecular formula is C13H12Cl2N2O2. The highest BCUT2D eigenvalue weighted by atomic mass is 35.5. The summed E-state index contributed by atoms with van der Waals surface area (Å²) >= 11 is 12.1. The van der Waals surface area contributed by atoms with Crippen LogP contribution in [0.4, 0.5) is 5.69 Å². The molecule has 3 rings (SSSR count). The van der Waals surface area contributed by atoms with Gasteiger partial charge >= 0.3 is 0 Å². The number of para-hydroxylation sites is 1. The molecule has 19 heavy (non-hydrogen) atoms. The number of imide groups is 1. The van der Waals surface area contributed by atoms with Crippen molar-refractivity contribution in [1.29, 1.82) is 0 Å². The first-order valence-electron chi connectivity index (χ1n) is 6.15. The Morgan fingerprint density at radius 2 is 1.79 bits per heavy atom. The van der Waals surface area contributed by atoms with Crippen LogP contribution in [0.2, 0.25) is 10.0 Å². The van der Waals surface area contributed by atoms with Crippen molar-refractivity contribution in [3.05, 3.63) is 28.2 Å². The molecule has 1 saturated heterocycles. The molecule has 1 atom stereocenters. The lowest BCUT2D eigenvalue weighted by molar-refractivity contribution is -0.121. The molecule has 2 fully saturated rings. The predicted molar refractivity (Wildman–Crippen MR) is 73.5 cm³/mol. The van der Waals surface area contributed by atoms with E-state index in [1.807, 2.05) is 0 Å². The largest absolute Gasteiger partial charge is 0.303 e. The fourth-order valence-electron chi connectivity index (χ4n) is 2.23. The van der Waals surface area contributed by atoms with E-state index in [2.05, 4.69) is 5.32 Å². The second-order valence-corrected chi connectivity index (χ2v) is 5.65. The van der Waals surface area contributed by atoms with Crippen molar-refractivity contribution in [2.75, 3.05) is 4.90 Å². The number of hydrogen-bond donors (Lipinski definition) is 1. The molecule has 1 aromatic rings. The number of anilines is 1. The molecule has 0 spiro atoms. The van der Waals surface area contributed by atoms with Crippen LogP contribution in [0.25, 0.3) is 0 Å². The molecule has 1 aromatic carbocycles. The Morgan fingerprint density at radius 3 is 2.37 bits per heavy atom. The fourth-order valence-corrected chi connectivity index (χ4v) is 2.80. The SMILES string of the molecule is O=C1CC(NC2CC2)C(=O)N1c1c(Cl)cccc1Cl. The second kappa shape index (κ2) is 4.78. The monoisotopic (exact) mass is 298 g/mol. The molecule has 100 valence electrons. The summed E-state index contributed by atoms with van der Waals surface area (Å²) in [5.74, 6) is -0.537. The highest BCUT2D eigenvalue weighted by Crippen LogP contribution is 2.36. The van der Waals surface area contributed by atoms with E-state index in [1.54, 1.807) is 18.2 Å². The standard InChI is InChI=1S/C13H12Cl2N2O2/c14-8-2-1-3-9(15)12(8)17-11(18)6-10(13(17)19)16-7-4-5-7/h1-3,7,10,16H,4-6H2. The Morgan fingerprint density at radius 1 is 1.16 bits per heavy atom. The zero-order chi connectivity index (χ0) is 13.6. The Bertz CT molecular complexity index is 537. The Labute approximate surface area is 120 Å². The maximum atomic E-state index is 12.3. The second-order valence-electron chi connectivity index (χ2n) is 4.84. The number of benzene rings is 1. The van der Waals surface area contributed by atoms with Gasteiger partial charge in [-0.05, 0) is 25.0 Å². The van der Waals surface area contributed by atoms with Gasteiger partial charge in [0.05, 0.1) is 28.2 Å². The van der Waals surface area contributed by atoms with Gasteiger partial charge in [-0.2, -0.15) is 0 Å². The normalized spacial score (nSPS) is 23.3. The van der Waals surface area contributed by atoms with E-state index in [0.29, 0.717) is 21.8 Å². The van der Waals surface area contributed by atoms with Crippen LogP contribution in [0.5, 0.6) is 0 Å². The number of rotatable bonds is 3. The van der Waals surface area contributed by atoms with Crippen LogP contribution < -0.4 is 10.2 Å². The molecule has 4 nitrogen and oxygen atoms in total. The maximum Gasteiger partial charge on any atom is 0.251 e. The Hall–Kier alpha value is -1.10. The van der Waals surface area contributed by atoms with Crippen LogP contribution in [-0.4, -0.2) is 23.9 Å². The van der Waals surface area contributed by atoms with Crippen molar-refractivity contribution in [3.8, 4) is 0 Å². The molecule has 1 N–H and O–H groups in total. The topological polar surface area (TPSA) is 49.4 Å². The van der Waals surface area contributed by atoms with E-state index in [1.165, 1.54) is 0 Å². The van der Waals surface area contributed by atoms with E-state index in [0.717, 1.165) is 17.7 Å². The summed E-state index contributed by atoms with van der Waals surface area (Å²) in [6, 6.07) is 4.82. The smallest absolute Gasteiger partial charge is 0.251 e. The summed E-state index contributed by atoms with van der Waals surface area (Å²) in [6.07, 6.45) is 2.28. The zero-order valence-electron chi connectivity index (χ0n) is 10.0. The first kappa shape index (κ1) is 12.9. The molecule has 1 aliphatic carbocycles. The van der Waals surface area contributed by atoms with Crippen LogP contribution >= 0.6 is 23.2 Å². The van der Waals surface area contributed by atoms with E-state index in [9.17, 15) is 9.59 Å². The van der Waals surface area contributed by atoms with Gasteiger partial charge in [0.15, 0.2) is 0 Å². The van der Waals surface area contributed by atoms with E-state index in [-0.39, 0.29) is 18.2 Å². The third-order valence-corrected chi connectivity index (χ3v) is 3.93. The molecule has 1 saturated carbocycles. The van der Waals surface area contributed by atoms with Gasteiger partial charge in [0.2, 0.25) is 5.91 Å². The first-order chi connectivity index (χ1) is 9.08. The van der Waals surface area contributed by atoms with Gasteiger partial charge in [0.25, 0.3) is 5.91 Å². The summed E-state index contributed by atoms with van der Waals surface area (Å²) in [4.78, 5) is 25.5. The fraction of sp³-hybridized carbons (Fsp3) is 0.385. The first-order valence-corrected chi connectivity index (χ1v) is 6.90. The summed E-state index contributed by atoms with van der Waals surface area (Å²) < 4.78 is 0. The Kier molecular flexibility index (Phi) is 3.25. The molecule has 1 aliphatic heterocycles. The lowest BCUT2D eigenvalue weighted by Crippen LogP contribution is -2.40. The molecule has 1 unspecified atom stereocenters.